The quantitative estimate of drug-likeness (QED) is 0.812. The molecule has 0 spiro atoms. The van der Waals surface area contributed by atoms with E-state index >= 15 is 0 Å². The van der Waals surface area contributed by atoms with Gasteiger partial charge in [-0.25, -0.2) is 9.59 Å². The summed E-state index contributed by atoms with van der Waals surface area (Å²) in [5.74, 6) is 0. The van der Waals surface area contributed by atoms with Crippen molar-refractivity contribution in [2.75, 3.05) is 26.2 Å². The summed E-state index contributed by atoms with van der Waals surface area (Å²) in [5, 5.41) is 5.64. The normalized spacial score (nSPS) is 17.6. The van der Waals surface area contributed by atoms with Crippen molar-refractivity contribution in [3.63, 3.8) is 0 Å². The van der Waals surface area contributed by atoms with Crippen molar-refractivity contribution in [1.82, 2.24) is 15.5 Å². The SMILES string of the molecule is CC(C)(C)OC(=O)NCCN1CC[C@@H](NC(=O)OCc2ccccc2)C1. The van der Waals surface area contributed by atoms with E-state index in [1.807, 2.05) is 51.1 Å². The lowest BCUT2D eigenvalue weighted by atomic mass is 10.2. The number of benzene rings is 1. The molecule has 1 heterocycles. The van der Waals surface area contributed by atoms with E-state index in [4.69, 9.17) is 9.47 Å². The highest BCUT2D eigenvalue weighted by molar-refractivity contribution is 5.68. The topological polar surface area (TPSA) is 79.9 Å². The number of nitrogens with zero attached hydrogens (tertiary/aromatic N) is 1. The Hall–Kier alpha value is -2.28. The van der Waals surface area contributed by atoms with Gasteiger partial charge in [0.1, 0.15) is 12.2 Å². The summed E-state index contributed by atoms with van der Waals surface area (Å²) in [6.07, 6.45) is 0.0656. The van der Waals surface area contributed by atoms with Crippen LogP contribution in [0.15, 0.2) is 30.3 Å². The molecule has 26 heavy (non-hydrogen) atoms. The molecule has 2 amide bonds. The molecule has 144 valence electrons. The van der Waals surface area contributed by atoms with Crippen molar-refractivity contribution in [3.8, 4) is 0 Å². The van der Waals surface area contributed by atoms with Gasteiger partial charge in [-0.1, -0.05) is 30.3 Å². The van der Waals surface area contributed by atoms with Gasteiger partial charge in [-0.2, -0.15) is 0 Å². The molecule has 7 heteroatoms. The van der Waals surface area contributed by atoms with Gasteiger partial charge < -0.3 is 20.1 Å². The largest absolute Gasteiger partial charge is 0.445 e. The minimum atomic E-state index is -0.493. The molecule has 1 atom stereocenters. The number of rotatable bonds is 6. The van der Waals surface area contributed by atoms with Crippen LogP contribution < -0.4 is 10.6 Å². The number of carbonyl (C=O) groups excluding carboxylic acids is 2. The fourth-order valence-electron chi connectivity index (χ4n) is 2.72. The third kappa shape index (κ3) is 7.74. The second-order valence-electron chi connectivity index (χ2n) is 7.42. The lowest BCUT2D eigenvalue weighted by Crippen LogP contribution is -2.40. The van der Waals surface area contributed by atoms with E-state index in [0.29, 0.717) is 6.54 Å². The van der Waals surface area contributed by atoms with Crippen molar-refractivity contribution in [1.29, 1.82) is 0 Å². The first-order valence-corrected chi connectivity index (χ1v) is 8.98. The molecular weight excluding hydrogens is 334 g/mol. The molecule has 1 saturated heterocycles. The predicted octanol–water partition coefficient (Wildman–Crippen LogP) is 2.51. The first kappa shape index (κ1) is 20.0. The maximum atomic E-state index is 11.9. The van der Waals surface area contributed by atoms with E-state index in [-0.39, 0.29) is 12.6 Å². The summed E-state index contributed by atoms with van der Waals surface area (Å²) in [4.78, 5) is 25.7. The molecule has 0 aromatic heterocycles. The second kappa shape index (κ2) is 9.43. The van der Waals surface area contributed by atoms with Gasteiger partial charge in [0.25, 0.3) is 0 Å². The third-order valence-corrected chi connectivity index (χ3v) is 3.90. The molecule has 0 radical (unpaired) electrons. The first-order valence-electron chi connectivity index (χ1n) is 8.98. The van der Waals surface area contributed by atoms with Crippen LogP contribution in [-0.2, 0) is 16.1 Å². The lowest BCUT2D eigenvalue weighted by Gasteiger charge is -2.21. The van der Waals surface area contributed by atoms with Crippen LogP contribution in [-0.4, -0.2) is 54.9 Å². The maximum absolute atomic E-state index is 11.9. The van der Waals surface area contributed by atoms with Crippen LogP contribution >= 0.6 is 0 Å². The number of hydrogen-bond acceptors (Lipinski definition) is 5. The van der Waals surface area contributed by atoms with E-state index in [0.717, 1.165) is 31.6 Å². The maximum Gasteiger partial charge on any atom is 0.407 e. The molecule has 0 unspecified atom stereocenters. The van der Waals surface area contributed by atoms with Gasteiger partial charge in [-0.3, -0.25) is 4.90 Å². The summed E-state index contributed by atoms with van der Waals surface area (Å²) in [6, 6.07) is 9.66. The fourth-order valence-corrected chi connectivity index (χ4v) is 2.72. The van der Waals surface area contributed by atoms with E-state index in [1.165, 1.54) is 0 Å². The number of likely N-dealkylation sites (tertiary alicyclic amines) is 1. The highest BCUT2D eigenvalue weighted by Gasteiger charge is 2.24. The number of hydrogen-bond donors (Lipinski definition) is 2. The van der Waals surface area contributed by atoms with Crippen molar-refractivity contribution in [2.24, 2.45) is 0 Å². The molecule has 2 N–H and O–H groups in total. The van der Waals surface area contributed by atoms with Crippen molar-refractivity contribution >= 4 is 12.2 Å². The Morgan fingerprint density at radius 2 is 1.92 bits per heavy atom. The highest BCUT2D eigenvalue weighted by atomic mass is 16.6. The van der Waals surface area contributed by atoms with Crippen LogP contribution in [0.1, 0.15) is 32.8 Å². The van der Waals surface area contributed by atoms with Gasteiger partial charge in [0.05, 0.1) is 0 Å². The number of amides is 2. The molecule has 0 saturated carbocycles. The van der Waals surface area contributed by atoms with Gasteiger partial charge in [0.15, 0.2) is 0 Å². The average molecular weight is 363 g/mol. The van der Waals surface area contributed by atoms with Gasteiger partial charge in [0.2, 0.25) is 0 Å². The fraction of sp³-hybridized carbons (Fsp3) is 0.579. The van der Waals surface area contributed by atoms with E-state index in [2.05, 4.69) is 15.5 Å². The van der Waals surface area contributed by atoms with Crippen LogP contribution in [0.25, 0.3) is 0 Å². The minimum absolute atomic E-state index is 0.0693. The van der Waals surface area contributed by atoms with Crippen molar-refractivity contribution in [3.05, 3.63) is 35.9 Å². The summed E-state index contributed by atoms with van der Waals surface area (Å²) in [7, 11) is 0. The van der Waals surface area contributed by atoms with E-state index in [9.17, 15) is 9.59 Å². The van der Waals surface area contributed by atoms with Gasteiger partial charge >= 0.3 is 12.2 Å². The van der Waals surface area contributed by atoms with Crippen LogP contribution in [0.3, 0.4) is 0 Å². The summed E-state index contributed by atoms with van der Waals surface area (Å²) in [6.45, 7) is 8.62. The molecule has 0 aliphatic carbocycles. The number of nitrogens with one attached hydrogen (secondary N) is 2. The van der Waals surface area contributed by atoms with Crippen LogP contribution in [0, 0.1) is 0 Å². The Morgan fingerprint density at radius 3 is 2.62 bits per heavy atom. The van der Waals surface area contributed by atoms with Gasteiger partial charge in [0, 0.05) is 32.2 Å². The molecule has 1 fully saturated rings. The lowest BCUT2D eigenvalue weighted by molar-refractivity contribution is 0.0523. The Morgan fingerprint density at radius 1 is 1.19 bits per heavy atom. The molecule has 1 aliphatic rings. The average Bonchev–Trinajstić information content (AvgIpc) is 2.99. The summed E-state index contributed by atoms with van der Waals surface area (Å²) < 4.78 is 10.4. The Balaban J connectivity index is 1.59. The molecular formula is C19H29N3O4. The zero-order chi connectivity index (χ0) is 19.0. The monoisotopic (exact) mass is 363 g/mol. The molecule has 1 aromatic rings. The van der Waals surface area contributed by atoms with Gasteiger partial charge in [-0.05, 0) is 32.8 Å². The Kier molecular flexibility index (Phi) is 7.26. The van der Waals surface area contributed by atoms with Crippen LogP contribution in [0.2, 0.25) is 0 Å². The zero-order valence-electron chi connectivity index (χ0n) is 15.8. The Bertz CT molecular complexity index is 586. The minimum Gasteiger partial charge on any atom is -0.445 e. The molecule has 1 aliphatic heterocycles. The summed E-state index contributed by atoms with van der Waals surface area (Å²) in [5.41, 5.74) is 0.469. The molecule has 2 rings (SSSR count). The third-order valence-electron chi connectivity index (χ3n) is 3.90. The second-order valence-corrected chi connectivity index (χ2v) is 7.42. The van der Waals surface area contributed by atoms with Crippen LogP contribution in [0.5, 0.6) is 0 Å². The predicted molar refractivity (Wildman–Crippen MR) is 98.8 cm³/mol. The molecule has 7 nitrogen and oxygen atoms in total. The molecule has 1 aromatic carbocycles. The van der Waals surface area contributed by atoms with Crippen LogP contribution in [0.4, 0.5) is 9.59 Å². The molecule has 0 bridgehead atoms. The number of ether oxygens (including phenoxy) is 2. The smallest absolute Gasteiger partial charge is 0.407 e. The number of alkyl carbamates (subject to hydrolysis) is 2. The van der Waals surface area contributed by atoms with Crippen molar-refractivity contribution in [2.45, 2.75) is 45.4 Å². The first-order chi connectivity index (χ1) is 12.3. The standard InChI is InChI=1S/C19H29N3O4/c1-19(2,3)26-17(23)20-10-12-22-11-9-16(13-22)21-18(24)25-14-15-7-5-4-6-8-15/h4-8,16H,9-14H2,1-3H3,(H,20,23)(H,21,24)/t16-/m1/s1. The van der Waals surface area contributed by atoms with E-state index < -0.39 is 17.8 Å². The highest BCUT2D eigenvalue weighted by Crippen LogP contribution is 2.10. The Labute approximate surface area is 155 Å². The van der Waals surface area contributed by atoms with Crippen molar-refractivity contribution < 1.29 is 19.1 Å². The summed E-state index contributed by atoms with van der Waals surface area (Å²) >= 11 is 0. The van der Waals surface area contributed by atoms with E-state index in [1.54, 1.807) is 0 Å². The zero-order valence-corrected chi connectivity index (χ0v) is 15.8. The van der Waals surface area contributed by atoms with Gasteiger partial charge in [-0.15, -0.1) is 0 Å². The number of carbonyl (C=O) groups is 2.